The maximum Gasteiger partial charge on any atom is 0.258 e. The molecule has 1 aromatic rings. The van der Waals surface area contributed by atoms with Crippen molar-refractivity contribution < 1.29 is 14.4 Å². The Kier molecular flexibility index (Phi) is 8.14. The van der Waals surface area contributed by atoms with Crippen LogP contribution in [0.4, 0.5) is 0 Å². The van der Waals surface area contributed by atoms with Gasteiger partial charge in [0.05, 0.1) is 25.7 Å². The second-order valence-corrected chi connectivity index (χ2v) is 8.12. The van der Waals surface area contributed by atoms with E-state index in [1.54, 1.807) is 7.05 Å². The summed E-state index contributed by atoms with van der Waals surface area (Å²) in [6.45, 7) is 6.64. The highest BCUT2D eigenvalue weighted by Crippen LogP contribution is 2.29. The van der Waals surface area contributed by atoms with Gasteiger partial charge < -0.3 is 4.74 Å². The van der Waals surface area contributed by atoms with Crippen molar-refractivity contribution in [2.45, 2.75) is 26.2 Å². The quantitative estimate of drug-likeness (QED) is 0.184. The molecule has 0 aliphatic carbocycles. The molecule has 1 atom stereocenters. The van der Waals surface area contributed by atoms with Crippen LogP contribution in [0.2, 0.25) is 0 Å². The molecule has 0 aromatic heterocycles. The molecule has 0 radical (unpaired) electrons. The molecule has 1 aromatic carbocycles. The smallest absolute Gasteiger partial charge is 0.258 e. The number of benzene rings is 1. The fourth-order valence-electron chi connectivity index (χ4n) is 2.33. The van der Waals surface area contributed by atoms with Crippen LogP contribution in [0.5, 0.6) is 0 Å². The molecule has 8 heteroatoms. The van der Waals surface area contributed by atoms with Crippen LogP contribution < -0.4 is 0 Å². The van der Waals surface area contributed by atoms with E-state index in [0.717, 1.165) is 9.13 Å². The summed E-state index contributed by atoms with van der Waals surface area (Å²) in [5, 5.41) is 4.83. The minimum atomic E-state index is -0.888. The van der Waals surface area contributed by atoms with Crippen molar-refractivity contribution in [3.05, 3.63) is 43.8 Å². The monoisotopic (exact) mass is 460 g/mol. The molecule has 0 bridgehead atoms. The van der Waals surface area contributed by atoms with Gasteiger partial charge in [0, 0.05) is 22.1 Å². The molecule has 1 amide bonds. The molecule has 138 valence electrons. The van der Waals surface area contributed by atoms with Gasteiger partial charge in [-0.3, -0.25) is 9.63 Å². The van der Waals surface area contributed by atoms with Gasteiger partial charge in [-0.05, 0) is 58.2 Å². The van der Waals surface area contributed by atoms with Crippen LogP contribution in [0.25, 0.3) is 10.4 Å². The molecule has 0 saturated carbocycles. The summed E-state index contributed by atoms with van der Waals surface area (Å²) in [5.74, 6) is -0.190. The van der Waals surface area contributed by atoms with Gasteiger partial charge in [0.1, 0.15) is 0 Å². The molecule has 0 heterocycles. The van der Waals surface area contributed by atoms with Gasteiger partial charge in [-0.15, -0.1) is 0 Å². The Morgan fingerprint density at radius 1 is 1.36 bits per heavy atom. The van der Waals surface area contributed by atoms with E-state index in [2.05, 4.69) is 32.6 Å². The third-order valence-electron chi connectivity index (χ3n) is 3.94. The van der Waals surface area contributed by atoms with E-state index in [1.807, 2.05) is 45.0 Å². The molecular weight excluding hydrogens is 435 g/mol. The lowest BCUT2D eigenvalue weighted by atomic mass is 9.82. The number of likely N-dealkylation sites (N-methyl/N-ethyl adjacent to an activating group) is 1. The third kappa shape index (κ3) is 6.14. The van der Waals surface area contributed by atoms with Gasteiger partial charge in [0.15, 0.2) is 0 Å². The summed E-state index contributed by atoms with van der Waals surface area (Å²) < 4.78 is 6.92. The highest BCUT2D eigenvalue weighted by molar-refractivity contribution is 14.1. The molecule has 0 fully saturated rings. The lowest BCUT2D eigenvalue weighted by molar-refractivity contribution is -0.177. The van der Waals surface area contributed by atoms with E-state index in [0.29, 0.717) is 13.2 Å². The number of hydrogen-bond acceptors (Lipinski definition) is 4. The predicted octanol–water partition coefficient (Wildman–Crippen LogP) is 3.92. The van der Waals surface area contributed by atoms with Gasteiger partial charge in [-0.2, -0.15) is 0 Å². The SMILES string of the molecule is CON(C)C(=O)C(C)(COCC(C)(C)CN=[N+]=[N-])c1cccc(I)c1. The lowest BCUT2D eigenvalue weighted by Gasteiger charge is -2.33. The normalized spacial score (nSPS) is 13.7. The van der Waals surface area contributed by atoms with Crippen LogP contribution in [-0.4, -0.2) is 44.9 Å². The van der Waals surface area contributed by atoms with Gasteiger partial charge in [-0.1, -0.05) is 31.1 Å². The Hall–Kier alpha value is -1.35. The topological polar surface area (TPSA) is 87.5 Å². The van der Waals surface area contributed by atoms with Crippen molar-refractivity contribution in [1.82, 2.24) is 5.06 Å². The summed E-state index contributed by atoms with van der Waals surface area (Å²) in [5.41, 5.74) is 8.14. The van der Waals surface area contributed by atoms with Gasteiger partial charge in [-0.25, -0.2) is 5.06 Å². The van der Waals surface area contributed by atoms with Crippen LogP contribution >= 0.6 is 22.6 Å². The van der Waals surface area contributed by atoms with E-state index in [-0.39, 0.29) is 17.9 Å². The van der Waals surface area contributed by atoms with Gasteiger partial charge in [0.25, 0.3) is 5.91 Å². The molecule has 0 aliphatic rings. The Morgan fingerprint density at radius 3 is 2.60 bits per heavy atom. The largest absolute Gasteiger partial charge is 0.379 e. The van der Waals surface area contributed by atoms with Crippen molar-refractivity contribution in [3.63, 3.8) is 0 Å². The molecule has 1 rings (SSSR count). The summed E-state index contributed by atoms with van der Waals surface area (Å²) in [4.78, 5) is 20.8. The summed E-state index contributed by atoms with van der Waals surface area (Å²) >= 11 is 2.22. The summed E-state index contributed by atoms with van der Waals surface area (Å²) in [7, 11) is 3.04. The third-order valence-corrected chi connectivity index (χ3v) is 4.61. The molecule has 0 aliphatic heterocycles. The number of hydrogen-bond donors (Lipinski definition) is 0. The second kappa shape index (κ2) is 9.38. The number of nitrogens with zero attached hydrogens (tertiary/aromatic N) is 4. The standard InChI is InChI=1S/C17H25IN4O3/c1-16(2,10-20-21-19)11-25-12-17(3,15(23)22(4)24-5)13-7-6-8-14(18)9-13/h6-9H,10-12H2,1-5H3. The molecule has 0 spiro atoms. The van der Waals surface area contributed by atoms with E-state index in [9.17, 15) is 4.79 Å². The first-order valence-corrected chi connectivity index (χ1v) is 8.91. The van der Waals surface area contributed by atoms with Crippen molar-refractivity contribution in [1.29, 1.82) is 0 Å². The van der Waals surface area contributed by atoms with Crippen LogP contribution in [-0.2, 0) is 19.8 Å². The van der Waals surface area contributed by atoms with Crippen LogP contribution in [0.3, 0.4) is 0 Å². The number of halogens is 1. The Bertz CT molecular complexity index is 647. The second-order valence-electron chi connectivity index (χ2n) is 6.87. The molecule has 0 saturated heterocycles. The number of amides is 1. The minimum Gasteiger partial charge on any atom is -0.379 e. The Labute approximate surface area is 162 Å². The van der Waals surface area contributed by atoms with Gasteiger partial charge >= 0.3 is 0 Å². The zero-order valence-corrected chi connectivity index (χ0v) is 17.5. The fourth-order valence-corrected chi connectivity index (χ4v) is 2.87. The van der Waals surface area contributed by atoms with Crippen LogP contribution in [0.15, 0.2) is 29.4 Å². The molecule has 1 unspecified atom stereocenters. The number of ether oxygens (including phenoxy) is 1. The van der Waals surface area contributed by atoms with Crippen LogP contribution in [0, 0.1) is 8.99 Å². The van der Waals surface area contributed by atoms with Crippen molar-refractivity contribution in [2.75, 3.05) is 33.9 Å². The average Bonchev–Trinajstić information content (AvgIpc) is 2.58. The summed E-state index contributed by atoms with van der Waals surface area (Å²) in [6.07, 6.45) is 0. The number of hydroxylamine groups is 2. The molecule has 7 nitrogen and oxygen atoms in total. The van der Waals surface area contributed by atoms with E-state index in [4.69, 9.17) is 15.1 Å². The Morgan fingerprint density at radius 2 is 2.04 bits per heavy atom. The first-order chi connectivity index (χ1) is 11.7. The van der Waals surface area contributed by atoms with Crippen molar-refractivity contribution in [3.8, 4) is 0 Å². The van der Waals surface area contributed by atoms with Crippen LogP contribution in [0.1, 0.15) is 26.3 Å². The van der Waals surface area contributed by atoms with Crippen molar-refractivity contribution in [2.24, 2.45) is 10.5 Å². The number of azide groups is 1. The average molecular weight is 460 g/mol. The van der Waals surface area contributed by atoms with E-state index < -0.39 is 5.41 Å². The number of carbonyl (C=O) groups is 1. The maximum atomic E-state index is 12.9. The first-order valence-electron chi connectivity index (χ1n) is 7.83. The zero-order valence-electron chi connectivity index (χ0n) is 15.3. The fraction of sp³-hybridized carbons (Fsp3) is 0.588. The van der Waals surface area contributed by atoms with Crippen molar-refractivity contribution >= 4 is 28.5 Å². The Balaban J connectivity index is 3.00. The predicted molar refractivity (Wildman–Crippen MR) is 105 cm³/mol. The van der Waals surface area contributed by atoms with E-state index in [1.165, 1.54) is 12.2 Å². The molecular formula is C17H25IN4O3. The lowest BCUT2D eigenvalue weighted by Crippen LogP contribution is -2.46. The number of carbonyl (C=O) groups excluding carboxylic acids is 1. The minimum absolute atomic E-state index is 0.190. The highest BCUT2D eigenvalue weighted by Gasteiger charge is 2.39. The summed E-state index contributed by atoms with van der Waals surface area (Å²) in [6, 6.07) is 7.77. The molecule has 25 heavy (non-hydrogen) atoms. The number of rotatable bonds is 9. The molecule has 0 N–H and O–H groups in total. The maximum absolute atomic E-state index is 12.9. The van der Waals surface area contributed by atoms with E-state index >= 15 is 0 Å². The first kappa shape index (κ1) is 21.7. The van der Waals surface area contributed by atoms with Gasteiger partial charge in [0.2, 0.25) is 0 Å². The zero-order chi connectivity index (χ0) is 19.1. The highest BCUT2D eigenvalue weighted by atomic mass is 127.